The first-order valence-electron chi connectivity index (χ1n) is 8.50. The summed E-state index contributed by atoms with van der Waals surface area (Å²) in [6.45, 7) is 2.39. The third-order valence-corrected chi connectivity index (χ3v) is 3.52. The summed E-state index contributed by atoms with van der Waals surface area (Å²) in [6, 6.07) is 12.8. The van der Waals surface area contributed by atoms with E-state index >= 15 is 0 Å². The lowest BCUT2D eigenvalue weighted by atomic mass is 10.1. The number of rotatable bonds is 10. The van der Waals surface area contributed by atoms with Crippen LogP contribution in [0.3, 0.4) is 0 Å². The van der Waals surface area contributed by atoms with Crippen molar-refractivity contribution in [3.8, 4) is 11.5 Å². The van der Waals surface area contributed by atoms with E-state index in [4.69, 9.17) is 23.7 Å². The second-order valence-corrected chi connectivity index (χ2v) is 5.48. The summed E-state index contributed by atoms with van der Waals surface area (Å²) in [5.41, 5.74) is 2.42. The summed E-state index contributed by atoms with van der Waals surface area (Å²) >= 11 is 0. The van der Waals surface area contributed by atoms with E-state index in [1.54, 1.807) is 33.3 Å². The standard InChI is InChI=1S/C21H24O6/c1-4-25-21(22)18-10-7-16(8-11-18)5-6-17-9-12-19(26-14-23-2)20(13-17)27-15-24-3/h5-13H,4,14-15H2,1-3H3/b6-5+. The molecule has 0 unspecified atom stereocenters. The van der Waals surface area contributed by atoms with Crippen LogP contribution in [0.1, 0.15) is 28.4 Å². The molecule has 0 fully saturated rings. The van der Waals surface area contributed by atoms with Gasteiger partial charge in [-0.1, -0.05) is 30.4 Å². The van der Waals surface area contributed by atoms with Gasteiger partial charge >= 0.3 is 5.97 Å². The van der Waals surface area contributed by atoms with E-state index in [9.17, 15) is 4.79 Å². The SMILES string of the molecule is CCOC(=O)c1ccc(/C=C/c2ccc(OCOC)c(OCOC)c2)cc1. The number of carbonyl (C=O) groups is 1. The zero-order chi connectivity index (χ0) is 19.5. The fourth-order valence-corrected chi connectivity index (χ4v) is 2.24. The number of hydrogen-bond acceptors (Lipinski definition) is 6. The van der Waals surface area contributed by atoms with Gasteiger partial charge < -0.3 is 23.7 Å². The van der Waals surface area contributed by atoms with E-state index in [1.807, 2.05) is 42.5 Å². The molecule has 0 aliphatic rings. The van der Waals surface area contributed by atoms with Gasteiger partial charge in [-0.25, -0.2) is 4.79 Å². The molecule has 144 valence electrons. The second-order valence-electron chi connectivity index (χ2n) is 5.48. The van der Waals surface area contributed by atoms with Gasteiger partial charge in [-0.3, -0.25) is 0 Å². The molecule has 2 aromatic rings. The minimum atomic E-state index is -0.320. The quantitative estimate of drug-likeness (QED) is 0.357. The summed E-state index contributed by atoms with van der Waals surface area (Å²) in [6.07, 6.45) is 3.89. The monoisotopic (exact) mass is 372 g/mol. The van der Waals surface area contributed by atoms with Crippen LogP contribution in [0.15, 0.2) is 42.5 Å². The van der Waals surface area contributed by atoms with Crippen molar-refractivity contribution in [2.75, 3.05) is 34.4 Å². The smallest absolute Gasteiger partial charge is 0.338 e. The van der Waals surface area contributed by atoms with Crippen LogP contribution in [0.5, 0.6) is 11.5 Å². The molecule has 0 bridgehead atoms. The lowest BCUT2D eigenvalue weighted by molar-refractivity contribution is 0.0322. The third-order valence-electron chi connectivity index (χ3n) is 3.52. The molecule has 0 aliphatic heterocycles. The highest BCUT2D eigenvalue weighted by atomic mass is 16.7. The molecule has 0 heterocycles. The van der Waals surface area contributed by atoms with Crippen LogP contribution in [-0.4, -0.2) is 40.4 Å². The number of carbonyl (C=O) groups excluding carboxylic acids is 1. The van der Waals surface area contributed by atoms with E-state index < -0.39 is 0 Å². The molecule has 2 aromatic carbocycles. The Morgan fingerprint density at radius 1 is 0.852 bits per heavy atom. The molecule has 0 atom stereocenters. The second kappa shape index (κ2) is 11.0. The Hall–Kier alpha value is -2.83. The van der Waals surface area contributed by atoms with Crippen molar-refractivity contribution in [2.24, 2.45) is 0 Å². The van der Waals surface area contributed by atoms with E-state index in [2.05, 4.69) is 0 Å². The molecule has 0 aromatic heterocycles. The normalized spacial score (nSPS) is 10.8. The molecule has 0 N–H and O–H groups in total. The average Bonchev–Trinajstić information content (AvgIpc) is 2.70. The first kappa shape index (κ1) is 20.5. The van der Waals surface area contributed by atoms with Gasteiger partial charge in [0.15, 0.2) is 25.1 Å². The molecule has 0 spiro atoms. The van der Waals surface area contributed by atoms with Gasteiger partial charge in [0.1, 0.15) is 0 Å². The largest absolute Gasteiger partial charge is 0.464 e. The number of methoxy groups -OCH3 is 2. The lowest BCUT2D eigenvalue weighted by Gasteiger charge is -2.12. The van der Waals surface area contributed by atoms with Crippen molar-refractivity contribution in [1.29, 1.82) is 0 Å². The zero-order valence-electron chi connectivity index (χ0n) is 15.8. The van der Waals surface area contributed by atoms with Crippen LogP contribution in [0.4, 0.5) is 0 Å². The third kappa shape index (κ3) is 6.44. The van der Waals surface area contributed by atoms with E-state index in [-0.39, 0.29) is 19.6 Å². The molecule has 0 saturated carbocycles. The number of hydrogen-bond donors (Lipinski definition) is 0. The molecule has 2 rings (SSSR count). The summed E-state index contributed by atoms with van der Waals surface area (Å²) in [4.78, 5) is 11.7. The predicted octanol–water partition coefficient (Wildman–Crippen LogP) is 4.00. The molecule has 0 aliphatic carbocycles. The van der Waals surface area contributed by atoms with Gasteiger partial charge in [0, 0.05) is 14.2 Å². The Kier molecular flexibility index (Phi) is 8.35. The Labute approximate surface area is 159 Å². The summed E-state index contributed by atoms with van der Waals surface area (Å²) < 4.78 is 25.9. The van der Waals surface area contributed by atoms with Gasteiger partial charge in [-0.2, -0.15) is 0 Å². The Balaban J connectivity index is 2.11. The van der Waals surface area contributed by atoms with E-state index in [0.717, 1.165) is 11.1 Å². The fourth-order valence-electron chi connectivity index (χ4n) is 2.24. The predicted molar refractivity (Wildman–Crippen MR) is 103 cm³/mol. The van der Waals surface area contributed by atoms with Gasteiger partial charge in [0.25, 0.3) is 0 Å². The maximum absolute atomic E-state index is 11.7. The van der Waals surface area contributed by atoms with Crippen LogP contribution in [0, 0.1) is 0 Å². The molecular weight excluding hydrogens is 348 g/mol. The fraction of sp³-hybridized carbons (Fsp3) is 0.286. The summed E-state index contributed by atoms with van der Waals surface area (Å²) in [5.74, 6) is 0.818. The van der Waals surface area contributed by atoms with Crippen LogP contribution in [0.2, 0.25) is 0 Å². The summed E-state index contributed by atoms with van der Waals surface area (Å²) in [5, 5.41) is 0. The highest BCUT2D eigenvalue weighted by molar-refractivity contribution is 5.89. The molecule has 0 saturated heterocycles. The number of esters is 1. The number of benzene rings is 2. The van der Waals surface area contributed by atoms with Crippen molar-refractivity contribution in [3.05, 3.63) is 59.2 Å². The van der Waals surface area contributed by atoms with Gasteiger partial charge in [-0.15, -0.1) is 0 Å². The Morgan fingerprint density at radius 2 is 1.44 bits per heavy atom. The molecule has 0 radical (unpaired) electrons. The molecule has 0 amide bonds. The maximum Gasteiger partial charge on any atom is 0.338 e. The van der Waals surface area contributed by atoms with Gasteiger partial charge in [0.2, 0.25) is 0 Å². The first-order chi connectivity index (χ1) is 13.2. The van der Waals surface area contributed by atoms with Crippen LogP contribution in [-0.2, 0) is 14.2 Å². The van der Waals surface area contributed by atoms with Crippen molar-refractivity contribution in [3.63, 3.8) is 0 Å². The Bertz CT molecular complexity index is 752. The van der Waals surface area contributed by atoms with Crippen molar-refractivity contribution in [2.45, 2.75) is 6.92 Å². The van der Waals surface area contributed by atoms with Gasteiger partial charge in [-0.05, 0) is 42.3 Å². The van der Waals surface area contributed by atoms with E-state index in [0.29, 0.717) is 23.7 Å². The minimum Gasteiger partial charge on any atom is -0.464 e. The van der Waals surface area contributed by atoms with Crippen LogP contribution >= 0.6 is 0 Å². The Morgan fingerprint density at radius 3 is 2.07 bits per heavy atom. The summed E-state index contributed by atoms with van der Waals surface area (Å²) in [7, 11) is 3.11. The van der Waals surface area contributed by atoms with Gasteiger partial charge in [0.05, 0.1) is 12.2 Å². The zero-order valence-corrected chi connectivity index (χ0v) is 15.8. The van der Waals surface area contributed by atoms with Crippen LogP contribution < -0.4 is 9.47 Å². The van der Waals surface area contributed by atoms with Crippen LogP contribution in [0.25, 0.3) is 12.2 Å². The number of ether oxygens (including phenoxy) is 5. The lowest BCUT2D eigenvalue weighted by Crippen LogP contribution is -2.04. The van der Waals surface area contributed by atoms with Crippen molar-refractivity contribution >= 4 is 18.1 Å². The van der Waals surface area contributed by atoms with Crippen molar-refractivity contribution in [1.82, 2.24) is 0 Å². The topological polar surface area (TPSA) is 63.2 Å². The highest BCUT2D eigenvalue weighted by Gasteiger charge is 2.07. The minimum absolute atomic E-state index is 0.117. The van der Waals surface area contributed by atoms with E-state index in [1.165, 1.54) is 0 Å². The maximum atomic E-state index is 11.7. The molecular formula is C21H24O6. The molecule has 6 nitrogen and oxygen atoms in total. The molecule has 27 heavy (non-hydrogen) atoms. The van der Waals surface area contributed by atoms with Crippen molar-refractivity contribution < 1.29 is 28.5 Å². The highest BCUT2D eigenvalue weighted by Crippen LogP contribution is 2.29. The average molecular weight is 372 g/mol. The molecule has 6 heteroatoms. The first-order valence-corrected chi connectivity index (χ1v) is 8.50.